The molecular weight excluding hydrogens is 334 g/mol. The number of aryl methyl sites for hydroxylation is 2. The molecule has 1 amide bonds. The Balaban J connectivity index is 2.12. The van der Waals surface area contributed by atoms with Gasteiger partial charge >= 0.3 is 0 Å². The molecule has 0 unspecified atom stereocenters. The van der Waals surface area contributed by atoms with Crippen LogP contribution in [0.3, 0.4) is 0 Å². The van der Waals surface area contributed by atoms with E-state index in [1.807, 2.05) is 19.1 Å². The molecule has 0 radical (unpaired) electrons. The van der Waals surface area contributed by atoms with Gasteiger partial charge in [-0.1, -0.05) is 61.3 Å². The summed E-state index contributed by atoms with van der Waals surface area (Å²) in [5.41, 5.74) is 3.55. The van der Waals surface area contributed by atoms with Crippen molar-refractivity contribution in [2.75, 3.05) is 0 Å². The Morgan fingerprint density at radius 1 is 1.12 bits per heavy atom. The van der Waals surface area contributed by atoms with Crippen LogP contribution in [-0.4, -0.2) is 12.0 Å². The predicted molar refractivity (Wildman–Crippen MR) is 103 cm³/mol. The average molecular weight is 360 g/mol. The fourth-order valence-corrected chi connectivity index (χ4v) is 3.08. The van der Waals surface area contributed by atoms with Gasteiger partial charge in [-0.15, -0.1) is 0 Å². The van der Waals surface area contributed by atoms with Gasteiger partial charge in [0.2, 0.25) is 0 Å². The smallest absolute Gasteiger partial charge is 0.261 e. The second-order valence-corrected chi connectivity index (χ2v) is 6.68. The van der Waals surface area contributed by atoms with Crippen LogP contribution in [0.15, 0.2) is 42.5 Å². The van der Waals surface area contributed by atoms with Gasteiger partial charge in [0.25, 0.3) is 5.91 Å². The minimum atomic E-state index is -0.570. The second-order valence-electron chi connectivity index (χ2n) is 6.27. The van der Waals surface area contributed by atoms with Crippen molar-refractivity contribution in [2.24, 2.45) is 0 Å². The summed E-state index contributed by atoms with van der Waals surface area (Å²) in [6, 6.07) is 13.5. The maximum absolute atomic E-state index is 12.7. The molecule has 0 aliphatic heterocycles. The first-order valence-corrected chi connectivity index (χ1v) is 9.12. The highest BCUT2D eigenvalue weighted by atomic mass is 35.5. The Morgan fingerprint density at radius 3 is 2.44 bits per heavy atom. The molecule has 2 aromatic carbocycles. The summed E-state index contributed by atoms with van der Waals surface area (Å²) in [7, 11) is 0. The standard InChI is InChI=1S/C21H26ClNO2/c1-5-18(16-12-11-14(3)13-15(16)4)23-21(24)19(6-2)25-20-10-8-7-9-17(20)22/h7-13,18-19H,5-6H2,1-4H3,(H,23,24)/t18-,19+/m1/s1. The number of rotatable bonds is 7. The number of carbonyl (C=O) groups is 1. The molecule has 0 aliphatic carbocycles. The molecule has 0 saturated heterocycles. The van der Waals surface area contributed by atoms with Crippen molar-refractivity contribution in [1.29, 1.82) is 0 Å². The van der Waals surface area contributed by atoms with E-state index in [9.17, 15) is 4.79 Å². The summed E-state index contributed by atoms with van der Waals surface area (Å²) in [4.78, 5) is 12.7. The summed E-state index contributed by atoms with van der Waals surface area (Å²) in [6.07, 6.45) is 0.818. The van der Waals surface area contributed by atoms with Crippen LogP contribution in [0.4, 0.5) is 0 Å². The molecule has 1 N–H and O–H groups in total. The van der Waals surface area contributed by atoms with Crippen molar-refractivity contribution < 1.29 is 9.53 Å². The fourth-order valence-electron chi connectivity index (χ4n) is 2.90. The first-order valence-electron chi connectivity index (χ1n) is 8.75. The van der Waals surface area contributed by atoms with Gasteiger partial charge in [-0.25, -0.2) is 0 Å². The van der Waals surface area contributed by atoms with Crippen molar-refractivity contribution >= 4 is 17.5 Å². The van der Waals surface area contributed by atoms with Crippen LogP contribution in [0.1, 0.15) is 49.4 Å². The molecule has 2 aromatic rings. The topological polar surface area (TPSA) is 38.3 Å². The van der Waals surface area contributed by atoms with Crippen LogP contribution in [0.2, 0.25) is 5.02 Å². The molecule has 2 rings (SSSR count). The second kappa shape index (κ2) is 8.91. The molecule has 3 nitrogen and oxygen atoms in total. The molecule has 0 aliphatic rings. The SMILES string of the molecule is CC[C@H](Oc1ccccc1Cl)C(=O)N[C@H](CC)c1ccc(C)cc1C. The molecule has 4 heteroatoms. The van der Waals surface area contributed by atoms with E-state index in [-0.39, 0.29) is 11.9 Å². The number of para-hydroxylation sites is 1. The van der Waals surface area contributed by atoms with E-state index in [1.54, 1.807) is 12.1 Å². The highest BCUT2D eigenvalue weighted by Crippen LogP contribution is 2.26. The number of hydrogen-bond acceptors (Lipinski definition) is 2. The van der Waals surface area contributed by atoms with Crippen LogP contribution >= 0.6 is 11.6 Å². The molecule has 0 spiro atoms. The molecule has 0 bridgehead atoms. The Kier molecular flexibility index (Phi) is 6.89. The molecule has 0 aromatic heterocycles. The van der Waals surface area contributed by atoms with E-state index < -0.39 is 6.10 Å². The van der Waals surface area contributed by atoms with Crippen LogP contribution in [0, 0.1) is 13.8 Å². The maximum atomic E-state index is 12.7. The number of ether oxygens (including phenoxy) is 1. The first-order chi connectivity index (χ1) is 12.0. The molecule has 2 atom stereocenters. The largest absolute Gasteiger partial charge is 0.479 e. The Labute approximate surface area is 155 Å². The van der Waals surface area contributed by atoms with Gasteiger partial charge in [-0.05, 0) is 49.9 Å². The van der Waals surface area contributed by atoms with Gasteiger partial charge in [-0.3, -0.25) is 4.79 Å². The number of benzene rings is 2. The third-order valence-electron chi connectivity index (χ3n) is 4.29. The van der Waals surface area contributed by atoms with Crippen molar-refractivity contribution in [3.63, 3.8) is 0 Å². The minimum Gasteiger partial charge on any atom is -0.479 e. The zero-order valence-corrected chi connectivity index (χ0v) is 16.1. The maximum Gasteiger partial charge on any atom is 0.261 e. The number of nitrogens with one attached hydrogen (secondary N) is 1. The summed E-state index contributed by atoms with van der Waals surface area (Å²) in [5, 5.41) is 3.64. The van der Waals surface area contributed by atoms with Gasteiger partial charge in [0, 0.05) is 0 Å². The summed E-state index contributed by atoms with van der Waals surface area (Å²) >= 11 is 6.14. The monoisotopic (exact) mass is 359 g/mol. The predicted octanol–water partition coefficient (Wildman–Crippen LogP) is 5.38. The van der Waals surface area contributed by atoms with E-state index in [1.165, 1.54) is 11.1 Å². The molecule has 0 saturated carbocycles. The Bertz CT molecular complexity index is 730. The van der Waals surface area contributed by atoms with Gasteiger partial charge in [0.1, 0.15) is 5.75 Å². The third kappa shape index (κ3) is 4.99. The van der Waals surface area contributed by atoms with Gasteiger partial charge in [0.05, 0.1) is 11.1 Å². The van der Waals surface area contributed by atoms with Gasteiger partial charge in [0.15, 0.2) is 6.10 Å². The summed E-state index contributed by atoms with van der Waals surface area (Å²) in [6.45, 7) is 8.15. The van der Waals surface area contributed by atoms with Crippen molar-refractivity contribution in [3.05, 3.63) is 64.2 Å². The van der Waals surface area contributed by atoms with Crippen LogP contribution < -0.4 is 10.1 Å². The lowest BCUT2D eigenvalue weighted by molar-refractivity contribution is -0.128. The first kappa shape index (κ1) is 19.3. The summed E-state index contributed by atoms with van der Waals surface area (Å²) < 4.78 is 5.84. The molecular formula is C21H26ClNO2. The molecule has 0 fully saturated rings. The van der Waals surface area contributed by atoms with Crippen LogP contribution in [-0.2, 0) is 4.79 Å². The van der Waals surface area contributed by atoms with Crippen LogP contribution in [0.5, 0.6) is 5.75 Å². The number of hydrogen-bond donors (Lipinski definition) is 1. The zero-order chi connectivity index (χ0) is 18.4. The lowest BCUT2D eigenvalue weighted by Gasteiger charge is -2.24. The Morgan fingerprint density at radius 2 is 1.84 bits per heavy atom. The van der Waals surface area contributed by atoms with E-state index in [4.69, 9.17) is 16.3 Å². The number of amides is 1. The highest BCUT2D eigenvalue weighted by Gasteiger charge is 2.23. The van der Waals surface area contributed by atoms with Gasteiger partial charge in [-0.2, -0.15) is 0 Å². The highest BCUT2D eigenvalue weighted by molar-refractivity contribution is 6.32. The third-order valence-corrected chi connectivity index (χ3v) is 4.61. The van der Waals surface area contributed by atoms with E-state index >= 15 is 0 Å². The molecule has 0 heterocycles. The summed E-state index contributed by atoms with van der Waals surface area (Å²) in [5.74, 6) is 0.417. The quantitative estimate of drug-likeness (QED) is 0.720. The van der Waals surface area contributed by atoms with E-state index in [2.05, 4.69) is 44.3 Å². The van der Waals surface area contributed by atoms with E-state index in [0.29, 0.717) is 17.2 Å². The lowest BCUT2D eigenvalue weighted by Crippen LogP contribution is -2.40. The Hall–Kier alpha value is -2.00. The van der Waals surface area contributed by atoms with Crippen molar-refractivity contribution in [3.8, 4) is 5.75 Å². The fraction of sp³-hybridized carbons (Fsp3) is 0.381. The van der Waals surface area contributed by atoms with E-state index in [0.717, 1.165) is 12.0 Å². The minimum absolute atomic E-state index is 0.0306. The number of carbonyl (C=O) groups excluding carboxylic acids is 1. The molecule has 25 heavy (non-hydrogen) atoms. The van der Waals surface area contributed by atoms with Crippen molar-refractivity contribution in [1.82, 2.24) is 5.32 Å². The van der Waals surface area contributed by atoms with Crippen LogP contribution in [0.25, 0.3) is 0 Å². The van der Waals surface area contributed by atoms with Gasteiger partial charge < -0.3 is 10.1 Å². The average Bonchev–Trinajstić information content (AvgIpc) is 2.59. The normalized spacial score (nSPS) is 13.2. The molecule has 134 valence electrons. The zero-order valence-electron chi connectivity index (χ0n) is 15.3. The number of halogens is 1. The van der Waals surface area contributed by atoms with Crippen molar-refractivity contribution in [2.45, 2.75) is 52.7 Å². The lowest BCUT2D eigenvalue weighted by atomic mass is 9.97.